The second kappa shape index (κ2) is 6.92. The van der Waals surface area contributed by atoms with Crippen LogP contribution in [0.5, 0.6) is 0 Å². The summed E-state index contributed by atoms with van der Waals surface area (Å²) < 4.78 is 0. The van der Waals surface area contributed by atoms with Crippen LogP contribution in [0.3, 0.4) is 0 Å². The van der Waals surface area contributed by atoms with Crippen molar-refractivity contribution in [3.05, 3.63) is 109 Å². The van der Waals surface area contributed by atoms with Gasteiger partial charge in [0.1, 0.15) is 0 Å². The van der Waals surface area contributed by atoms with Gasteiger partial charge in [-0.1, -0.05) is 72.8 Å². The van der Waals surface area contributed by atoms with Gasteiger partial charge in [-0.25, -0.2) is 0 Å². The number of fused-ring (bicyclic) bond motifs is 1. The summed E-state index contributed by atoms with van der Waals surface area (Å²) in [6.07, 6.45) is 5.27. The van der Waals surface area contributed by atoms with Crippen LogP contribution in [0.1, 0.15) is 5.56 Å². The second-order valence-electron chi connectivity index (χ2n) is 7.28. The van der Waals surface area contributed by atoms with E-state index in [0.29, 0.717) is 0 Å². The molecule has 2 N–H and O–H groups in total. The lowest BCUT2D eigenvalue weighted by Gasteiger charge is -2.08. The molecular weight excluding hydrogens is 354 g/mol. The number of hydrogen-bond donors (Lipinski definition) is 1. The van der Waals surface area contributed by atoms with E-state index in [1.54, 1.807) is 12.2 Å². The number of nitrogens with two attached hydrogens (primary N) is 1. The standard InChI is InChI=1S/C27H19NO/c28-25-14-12-19(13-15-25)22-9-11-23-16-21(8-10-24(23)17-22)18-4-6-20(7-5-18)26-2-1-3-27(26)29/h1-17H,28H2. The summed E-state index contributed by atoms with van der Waals surface area (Å²) in [4.78, 5) is 11.9. The minimum Gasteiger partial charge on any atom is -0.399 e. The number of carbonyl (C=O) groups excluding carboxylic acids is 1. The first-order valence-corrected chi connectivity index (χ1v) is 9.61. The fraction of sp³-hybridized carbons (Fsp3) is 0. The van der Waals surface area contributed by atoms with Crippen molar-refractivity contribution in [3.63, 3.8) is 0 Å². The van der Waals surface area contributed by atoms with E-state index in [0.717, 1.165) is 33.5 Å². The second-order valence-corrected chi connectivity index (χ2v) is 7.28. The first-order chi connectivity index (χ1) is 14.2. The molecule has 0 bridgehead atoms. The summed E-state index contributed by atoms with van der Waals surface area (Å²) in [5, 5.41) is 2.40. The third-order valence-electron chi connectivity index (χ3n) is 5.39. The predicted octanol–water partition coefficient (Wildman–Crippen LogP) is 6.28. The molecule has 1 aliphatic carbocycles. The highest BCUT2D eigenvalue weighted by atomic mass is 16.1. The van der Waals surface area contributed by atoms with E-state index in [-0.39, 0.29) is 5.78 Å². The summed E-state index contributed by atoms with van der Waals surface area (Å²) in [6.45, 7) is 0. The summed E-state index contributed by atoms with van der Waals surface area (Å²) in [5.74, 6) is 0.0698. The number of ketones is 1. The largest absolute Gasteiger partial charge is 0.399 e. The molecule has 138 valence electrons. The molecule has 0 amide bonds. The molecule has 4 aromatic carbocycles. The molecule has 4 aromatic rings. The Morgan fingerprint density at radius 3 is 1.55 bits per heavy atom. The van der Waals surface area contributed by atoms with Gasteiger partial charge in [-0.3, -0.25) is 4.79 Å². The molecule has 0 aliphatic heterocycles. The van der Waals surface area contributed by atoms with Crippen LogP contribution in [0.15, 0.2) is 103 Å². The van der Waals surface area contributed by atoms with Crippen molar-refractivity contribution in [3.8, 4) is 22.3 Å². The van der Waals surface area contributed by atoms with Gasteiger partial charge in [0.2, 0.25) is 0 Å². The van der Waals surface area contributed by atoms with Gasteiger partial charge in [0.15, 0.2) is 5.78 Å². The molecular formula is C27H19NO. The van der Waals surface area contributed by atoms with Crippen LogP contribution in [-0.2, 0) is 4.79 Å². The first kappa shape index (κ1) is 17.2. The molecule has 29 heavy (non-hydrogen) atoms. The highest BCUT2D eigenvalue weighted by Crippen LogP contribution is 2.30. The lowest BCUT2D eigenvalue weighted by Crippen LogP contribution is -1.93. The van der Waals surface area contributed by atoms with Crippen molar-refractivity contribution >= 4 is 27.8 Å². The quantitative estimate of drug-likeness (QED) is 0.430. The number of anilines is 1. The Kier molecular flexibility index (Phi) is 4.10. The normalized spacial score (nSPS) is 13.1. The number of allylic oxidation sites excluding steroid dienone is 4. The van der Waals surface area contributed by atoms with Gasteiger partial charge in [-0.05, 0) is 68.9 Å². The van der Waals surface area contributed by atoms with Gasteiger partial charge in [-0.15, -0.1) is 0 Å². The molecule has 0 unspecified atom stereocenters. The van der Waals surface area contributed by atoms with Crippen molar-refractivity contribution in [2.45, 2.75) is 0 Å². The van der Waals surface area contributed by atoms with E-state index in [9.17, 15) is 4.79 Å². The van der Waals surface area contributed by atoms with Crippen LogP contribution >= 0.6 is 0 Å². The maximum Gasteiger partial charge on any atom is 0.186 e. The van der Waals surface area contributed by atoms with Crippen molar-refractivity contribution in [2.24, 2.45) is 0 Å². The zero-order valence-corrected chi connectivity index (χ0v) is 15.8. The zero-order valence-electron chi connectivity index (χ0n) is 15.8. The van der Waals surface area contributed by atoms with Gasteiger partial charge < -0.3 is 5.73 Å². The molecule has 0 fully saturated rings. The van der Waals surface area contributed by atoms with E-state index in [2.05, 4.69) is 48.5 Å². The summed E-state index contributed by atoms with van der Waals surface area (Å²) in [6, 6.07) is 29.2. The van der Waals surface area contributed by atoms with Gasteiger partial charge in [-0.2, -0.15) is 0 Å². The molecule has 2 heteroatoms. The first-order valence-electron chi connectivity index (χ1n) is 9.61. The minimum absolute atomic E-state index is 0.0698. The van der Waals surface area contributed by atoms with Crippen molar-refractivity contribution in [1.29, 1.82) is 0 Å². The summed E-state index contributed by atoms with van der Waals surface area (Å²) in [5.41, 5.74) is 12.9. The Labute approximate surface area is 169 Å². The fourth-order valence-corrected chi connectivity index (χ4v) is 3.76. The number of hydrogen-bond acceptors (Lipinski definition) is 2. The maximum absolute atomic E-state index is 11.9. The van der Waals surface area contributed by atoms with Crippen LogP contribution in [0.2, 0.25) is 0 Å². The van der Waals surface area contributed by atoms with Crippen molar-refractivity contribution in [2.75, 3.05) is 5.73 Å². The van der Waals surface area contributed by atoms with E-state index in [4.69, 9.17) is 5.73 Å². The molecule has 0 atom stereocenters. The molecule has 0 heterocycles. The summed E-state index contributed by atoms with van der Waals surface area (Å²) in [7, 11) is 0. The topological polar surface area (TPSA) is 43.1 Å². The number of rotatable bonds is 3. The highest BCUT2D eigenvalue weighted by molar-refractivity contribution is 6.28. The van der Waals surface area contributed by atoms with Crippen LogP contribution in [-0.4, -0.2) is 5.78 Å². The van der Waals surface area contributed by atoms with Crippen molar-refractivity contribution in [1.82, 2.24) is 0 Å². The van der Waals surface area contributed by atoms with Crippen LogP contribution < -0.4 is 5.73 Å². The Balaban J connectivity index is 1.46. The SMILES string of the molecule is Nc1ccc(-c2ccc3cc(-c4ccc(C5=CC=CC5=O)cc4)ccc3c2)cc1. The Bertz CT molecular complexity index is 1290. The Morgan fingerprint density at radius 1 is 0.552 bits per heavy atom. The number of carbonyl (C=O) groups is 1. The molecule has 0 radical (unpaired) electrons. The summed E-state index contributed by atoms with van der Waals surface area (Å²) >= 11 is 0. The minimum atomic E-state index is 0.0698. The van der Waals surface area contributed by atoms with Gasteiger partial charge >= 0.3 is 0 Å². The molecule has 5 rings (SSSR count). The molecule has 0 saturated carbocycles. The third-order valence-corrected chi connectivity index (χ3v) is 5.39. The molecule has 0 spiro atoms. The van der Waals surface area contributed by atoms with Gasteiger partial charge in [0.05, 0.1) is 0 Å². The number of benzene rings is 4. The fourth-order valence-electron chi connectivity index (χ4n) is 3.76. The molecule has 2 nitrogen and oxygen atoms in total. The average molecular weight is 373 g/mol. The Hall–Kier alpha value is -3.91. The van der Waals surface area contributed by atoms with Crippen molar-refractivity contribution < 1.29 is 4.79 Å². The smallest absolute Gasteiger partial charge is 0.186 e. The third kappa shape index (κ3) is 3.26. The van der Waals surface area contributed by atoms with E-state index < -0.39 is 0 Å². The highest BCUT2D eigenvalue weighted by Gasteiger charge is 2.12. The van der Waals surface area contributed by atoms with Crippen LogP contribution in [0.4, 0.5) is 5.69 Å². The average Bonchev–Trinajstić information content (AvgIpc) is 3.19. The molecule has 0 saturated heterocycles. The van der Waals surface area contributed by atoms with E-state index >= 15 is 0 Å². The lowest BCUT2D eigenvalue weighted by atomic mass is 9.96. The van der Waals surface area contributed by atoms with Gasteiger partial charge in [0.25, 0.3) is 0 Å². The molecule has 1 aliphatic rings. The predicted molar refractivity (Wildman–Crippen MR) is 121 cm³/mol. The van der Waals surface area contributed by atoms with E-state index in [1.165, 1.54) is 16.3 Å². The number of nitrogen functional groups attached to an aromatic ring is 1. The Morgan fingerprint density at radius 2 is 1.03 bits per heavy atom. The van der Waals surface area contributed by atoms with Crippen LogP contribution in [0, 0.1) is 0 Å². The van der Waals surface area contributed by atoms with E-state index in [1.807, 2.05) is 42.5 Å². The monoisotopic (exact) mass is 373 g/mol. The molecule has 0 aromatic heterocycles. The van der Waals surface area contributed by atoms with Gasteiger partial charge in [0, 0.05) is 11.3 Å². The zero-order chi connectivity index (χ0) is 19.8. The maximum atomic E-state index is 11.9. The lowest BCUT2D eigenvalue weighted by molar-refractivity contribution is -0.109. The van der Waals surface area contributed by atoms with Crippen LogP contribution in [0.25, 0.3) is 38.6 Å².